The lowest BCUT2D eigenvalue weighted by Crippen LogP contribution is -2.38. The Hall–Kier alpha value is -1.63. The monoisotopic (exact) mass is 284 g/mol. The van der Waals surface area contributed by atoms with Crippen molar-refractivity contribution in [2.75, 3.05) is 19.6 Å². The van der Waals surface area contributed by atoms with Gasteiger partial charge >= 0.3 is 6.03 Å². The molecule has 1 atom stereocenters. The first-order valence-electron chi connectivity index (χ1n) is 7.05. The summed E-state index contributed by atoms with van der Waals surface area (Å²) in [5, 5.41) is 7.94. The van der Waals surface area contributed by atoms with Gasteiger partial charge in [-0.3, -0.25) is 14.9 Å². The molecule has 0 aromatic heterocycles. The van der Waals surface area contributed by atoms with E-state index < -0.39 is 11.9 Å². The number of hydrogen-bond donors (Lipinski definition) is 4. The van der Waals surface area contributed by atoms with Gasteiger partial charge in [0.2, 0.25) is 11.8 Å². The van der Waals surface area contributed by atoms with Gasteiger partial charge < -0.3 is 16.4 Å². The van der Waals surface area contributed by atoms with Crippen molar-refractivity contribution in [2.24, 2.45) is 17.6 Å². The first-order chi connectivity index (χ1) is 9.49. The predicted octanol–water partition coefficient (Wildman–Crippen LogP) is -0.287. The highest BCUT2D eigenvalue weighted by Crippen LogP contribution is 2.23. The standard InChI is InChI=1S/C13H24N4O3/c1-9(10-2-5-15-6-3-10)8-12(19)16-7-4-11(18)17-13(14)20/h9-10,15H,2-8H2,1H3,(H,16,19)(H3,14,17,18,20). The molecule has 0 radical (unpaired) electrons. The number of rotatable bonds is 6. The van der Waals surface area contributed by atoms with Crippen LogP contribution in [0, 0.1) is 11.8 Å². The fourth-order valence-corrected chi connectivity index (χ4v) is 2.46. The molecule has 5 N–H and O–H groups in total. The molecule has 1 unspecified atom stereocenters. The average Bonchev–Trinajstić information content (AvgIpc) is 2.38. The SMILES string of the molecule is CC(CC(=O)NCCC(=O)NC(N)=O)C1CCNCC1. The van der Waals surface area contributed by atoms with Crippen molar-refractivity contribution < 1.29 is 14.4 Å². The van der Waals surface area contributed by atoms with Crippen LogP contribution in [0.1, 0.15) is 32.6 Å². The lowest BCUT2D eigenvalue weighted by molar-refractivity contribution is -0.122. The average molecular weight is 284 g/mol. The number of nitrogens with two attached hydrogens (primary N) is 1. The zero-order valence-electron chi connectivity index (χ0n) is 11.9. The highest BCUT2D eigenvalue weighted by molar-refractivity contribution is 5.93. The van der Waals surface area contributed by atoms with Gasteiger partial charge in [-0.15, -0.1) is 0 Å². The highest BCUT2D eigenvalue weighted by Gasteiger charge is 2.21. The number of piperidine rings is 1. The molecule has 0 aromatic rings. The number of carbonyl (C=O) groups excluding carboxylic acids is 3. The van der Waals surface area contributed by atoms with Crippen molar-refractivity contribution in [1.82, 2.24) is 16.0 Å². The van der Waals surface area contributed by atoms with Crippen LogP contribution in [0.5, 0.6) is 0 Å². The van der Waals surface area contributed by atoms with Crippen molar-refractivity contribution in [3.05, 3.63) is 0 Å². The zero-order valence-corrected chi connectivity index (χ0v) is 11.9. The van der Waals surface area contributed by atoms with Gasteiger partial charge in [0.1, 0.15) is 0 Å². The summed E-state index contributed by atoms with van der Waals surface area (Å²) in [6, 6.07) is -0.874. The van der Waals surface area contributed by atoms with Crippen molar-refractivity contribution in [3.63, 3.8) is 0 Å². The number of urea groups is 1. The molecule has 4 amide bonds. The van der Waals surface area contributed by atoms with Gasteiger partial charge in [-0.1, -0.05) is 6.92 Å². The third-order valence-electron chi connectivity index (χ3n) is 3.63. The Kier molecular flexibility index (Phi) is 7.00. The summed E-state index contributed by atoms with van der Waals surface area (Å²) in [6.07, 6.45) is 2.74. The predicted molar refractivity (Wildman–Crippen MR) is 74.7 cm³/mol. The normalized spacial score (nSPS) is 17.2. The minimum absolute atomic E-state index is 0.0520. The Labute approximate surface area is 119 Å². The molecule has 0 aromatic carbocycles. The van der Waals surface area contributed by atoms with Crippen LogP contribution in [0.4, 0.5) is 4.79 Å². The topological polar surface area (TPSA) is 113 Å². The molecule has 7 heteroatoms. The molecule has 20 heavy (non-hydrogen) atoms. The maximum atomic E-state index is 11.7. The highest BCUT2D eigenvalue weighted by atomic mass is 16.2. The van der Waals surface area contributed by atoms with E-state index in [2.05, 4.69) is 17.6 Å². The molecule has 1 fully saturated rings. The number of nitrogens with one attached hydrogen (secondary N) is 3. The summed E-state index contributed by atoms with van der Waals surface area (Å²) in [5.74, 6) is 0.392. The van der Waals surface area contributed by atoms with E-state index in [1.54, 1.807) is 0 Å². The molecular formula is C13H24N4O3. The van der Waals surface area contributed by atoms with Gasteiger partial charge in [0.05, 0.1) is 0 Å². The number of primary amides is 1. The molecule has 1 heterocycles. The number of imide groups is 1. The second-order valence-electron chi connectivity index (χ2n) is 5.28. The van der Waals surface area contributed by atoms with E-state index in [0.29, 0.717) is 18.3 Å². The molecule has 0 spiro atoms. The van der Waals surface area contributed by atoms with Gasteiger partial charge in [0.15, 0.2) is 0 Å². The van der Waals surface area contributed by atoms with Crippen molar-refractivity contribution in [2.45, 2.75) is 32.6 Å². The summed E-state index contributed by atoms with van der Waals surface area (Å²) in [6.45, 7) is 4.35. The third kappa shape index (κ3) is 6.51. The van der Waals surface area contributed by atoms with Gasteiger partial charge in [0, 0.05) is 19.4 Å². The van der Waals surface area contributed by atoms with Crippen molar-refractivity contribution in [1.29, 1.82) is 0 Å². The summed E-state index contributed by atoms with van der Waals surface area (Å²) in [5.41, 5.74) is 4.81. The quantitative estimate of drug-likeness (QED) is 0.537. The smallest absolute Gasteiger partial charge is 0.318 e. The Morgan fingerprint density at radius 3 is 2.50 bits per heavy atom. The molecule has 1 saturated heterocycles. The van der Waals surface area contributed by atoms with Crippen LogP contribution in [0.2, 0.25) is 0 Å². The third-order valence-corrected chi connectivity index (χ3v) is 3.63. The van der Waals surface area contributed by atoms with E-state index in [1.165, 1.54) is 0 Å². The molecular weight excluding hydrogens is 260 g/mol. The maximum Gasteiger partial charge on any atom is 0.318 e. The van der Waals surface area contributed by atoms with Crippen LogP contribution < -0.4 is 21.7 Å². The van der Waals surface area contributed by atoms with Crippen molar-refractivity contribution in [3.8, 4) is 0 Å². The molecule has 1 aliphatic heterocycles. The Morgan fingerprint density at radius 2 is 1.90 bits per heavy atom. The van der Waals surface area contributed by atoms with E-state index in [-0.39, 0.29) is 18.9 Å². The molecule has 7 nitrogen and oxygen atoms in total. The van der Waals surface area contributed by atoms with E-state index in [4.69, 9.17) is 5.73 Å². The second kappa shape index (κ2) is 8.52. The molecule has 0 saturated carbocycles. The Morgan fingerprint density at radius 1 is 1.25 bits per heavy atom. The first-order valence-corrected chi connectivity index (χ1v) is 7.05. The van der Waals surface area contributed by atoms with E-state index >= 15 is 0 Å². The number of hydrogen-bond acceptors (Lipinski definition) is 4. The maximum absolute atomic E-state index is 11.7. The van der Waals surface area contributed by atoms with Crippen LogP contribution in [0.3, 0.4) is 0 Å². The van der Waals surface area contributed by atoms with Gasteiger partial charge in [-0.2, -0.15) is 0 Å². The van der Waals surface area contributed by atoms with Gasteiger partial charge in [-0.25, -0.2) is 4.79 Å². The van der Waals surface area contributed by atoms with Crippen LogP contribution in [-0.2, 0) is 9.59 Å². The van der Waals surface area contributed by atoms with Gasteiger partial charge in [0.25, 0.3) is 0 Å². The summed E-state index contributed by atoms with van der Waals surface area (Å²) in [4.78, 5) is 33.3. The second-order valence-corrected chi connectivity index (χ2v) is 5.28. The fraction of sp³-hybridized carbons (Fsp3) is 0.769. The largest absolute Gasteiger partial charge is 0.356 e. The molecule has 1 rings (SSSR count). The lowest BCUT2D eigenvalue weighted by atomic mass is 9.84. The number of amides is 4. The molecule has 0 bridgehead atoms. The molecule has 114 valence electrons. The fourth-order valence-electron chi connectivity index (χ4n) is 2.46. The summed E-state index contributed by atoms with van der Waals surface area (Å²) in [7, 11) is 0. The minimum Gasteiger partial charge on any atom is -0.356 e. The lowest BCUT2D eigenvalue weighted by Gasteiger charge is -2.27. The zero-order chi connectivity index (χ0) is 15.0. The van der Waals surface area contributed by atoms with Crippen LogP contribution in [0.25, 0.3) is 0 Å². The first kappa shape index (κ1) is 16.4. The van der Waals surface area contributed by atoms with E-state index in [1.807, 2.05) is 5.32 Å². The van der Waals surface area contributed by atoms with Crippen molar-refractivity contribution >= 4 is 17.8 Å². The van der Waals surface area contributed by atoms with E-state index in [9.17, 15) is 14.4 Å². The van der Waals surface area contributed by atoms with Gasteiger partial charge in [-0.05, 0) is 37.8 Å². The van der Waals surface area contributed by atoms with E-state index in [0.717, 1.165) is 25.9 Å². The summed E-state index contributed by atoms with van der Waals surface area (Å²) >= 11 is 0. The molecule has 1 aliphatic rings. The van der Waals surface area contributed by atoms with Crippen LogP contribution in [-0.4, -0.2) is 37.5 Å². The summed E-state index contributed by atoms with van der Waals surface area (Å²) < 4.78 is 0. The Bertz CT molecular complexity index is 354. The molecule has 0 aliphatic carbocycles. The minimum atomic E-state index is -0.874. The van der Waals surface area contributed by atoms with Crippen LogP contribution in [0.15, 0.2) is 0 Å². The number of carbonyl (C=O) groups is 3. The Balaban J connectivity index is 2.16. The van der Waals surface area contributed by atoms with Crippen LogP contribution >= 0.6 is 0 Å².